The van der Waals surface area contributed by atoms with Crippen molar-refractivity contribution in [3.05, 3.63) is 100 Å². The minimum atomic E-state index is 0.627. The summed E-state index contributed by atoms with van der Waals surface area (Å²) >= 11 is 0. The number of benzene rings is 2. The Morgan fingerprint density at radius 3 is 2.12 bits per heavy atom. The van der Waals surface area contributed by atoms with Crippen LogP contribution in [-0.4, -0.2) is 28.2 Å². The van der Waals surface area contributed by atoms with Crippen LogP contribution in [-0.2, 0) is 0 Å². The SMILES string of the molecule is C=Cc1c(C)[nH]c(N=C2N=C(N=C3N=C(C)c4ccccc43)c3ccccc32)c1/C=C\C. The first-order valence-electron chi connectivity index (χ1n) is 10.6. The number of hydrogen-bond donors (Lipinski definition) is 1. The second kappa shape index (κ2) is 7.85. The van der Waals surface area contributed by atoms with E-state index in [4.69, 9.17) is 15.0 Å². The fraction of sp³-hybridized carbons (Fsp3) is 0.111. The van der Waals surface area contributed by atoms with E-state index in [0.29, 0.717) is 17.5 Å². The average Bonchev–Trinajstić information content (AvgIpc) is 3.41. The molecule has 0 saturated carbocycles. The molecule has 0 bridgehead atoms. The molecule has 0 unspecified atom stereocenters. The first kappa shape index (κ1) is 19.8. The summed E-state index contributed by atoms with van der Waals surface area (Å²) in [4.78, 5) is 22.6. The molecule has 0 amide bonds. The summed E-state index contributed by atoms with van der Waals surface area (Å²) in [7, 11) is 0. The van der Waals surface area contributed by atoms with Gasteiger partial charge in [0.2, 0.25) is 0 Å². The van der Waals surface area contributed by atoms with Crippen molar-refractivity contribution in [1.29, 1.82) is 0 Å². The van der Waals surface area contributed by atoms with Crippen molar-refractivity contribution >= 4 is 41.2 Å². The van der Waals surface area contributed by atoms with Crippen molar-refractivity contribution < 1.29 is 0 Å². The van der Waals surface area contributed by atoms with Crippen molar-refractivity contribution in [2.75, 3.05) is 0 Å². The molecule has 5 rings (SSSR count). The maximum absolute atomic E-state index is 4.90. The zero-order valence-corrected chi connectivity index (χ0v) is 18.3. The summed E-state index contributed by atoms with van der Waals surface area (Å²) in [6, 6.07) is 16.2. The molecule has 1 aromatic heterocycles. The number of hydrogen-bond acceptors (Lipinski definition) is 2. The van der Waals surface area contributed by atoms with Crippen molar-refractivity contribution in [3.8, 4) is 0 Å². The number of aliphatic imine (C=N–C) groups is 4. The second-order valence-electron chi connectivity index (χ2n) is 7.72. The number of nitrogens with zero attached hydrogens (tertiary/aromatic N) is 4. The van der Waals surface area contributed by atoms with Crippen molar-refractivity contribution in [3.63, 3.8) is 0 Å². The zero-order valence-electron chi connectivity index (χ0n) is 18.3. The lowest BCUT2D eigenvalue weighted by Crippen LogP contribution is -2.01. The van der Waals surface area contributed by atoms with Crippen LogP contribution in [0.5, 0.6) is 0 Å². The van der Waals surface area contributed by atoms with Crippen molar-refractivity contribution in [1.82, 2.24) is 4.98 Å². The van der Waals surface area contributed by atoms with Gasteiger partial charge in [0, 0.05) is 44.8 Å². The van der Waals surface area contributed by atoms with Crippen LogP contribution in [0.3, 0.4) is 0 Å². The molecule has 0 radical (unpaired) electrons. The van der Waals surface area contributed by atoms with Crippen molar-refractivity contribution in [2.45, 2.75) is 20.8 Å². The molecule has 0 aliphatic carbocycles. The number of aromatic nitrogens is 1. The summed E-state index contributed by atoms with van der Waals surface area (Å²) in [6.45, 7) is 9.97. The molecular formula is C27H23N5. The number of H-pyrrole nitrogens is 1. The lowest BCUT2D eigenvalue weighted by molar-refractivity contribution is 1.23. The Morgan fingerprint density at radius 1 is 0.812 bits per heavy atom. The zero-order chi connectivity index (χ0) is 22.2. The van der Waals surface area contributed by atoms with Crippen molar-refractivity contribution in [2.24, 2.45) is 20.0 Å². The van der Waals surface area contributed by atoms with E-state index in [-0.39, 0.29) is 0 Å². The standard InChI is InChI=1S/C27H23N5/c1-5-11-20-18(6-2)16(3)28-24(20)30-26-22-14-9-10-15-23(22)27(32-26)31-25-21-13-8-7-12-19(21)17(4)29-25/h5-15,28H,2H2,1,3-4H3/b11-5-,30-26?,31-25?. The highest BCUT2D eigenvalue weighted by atomic mass is 15.1. The van der Waals surface area contributed by atoms with Gasteiger partial charge in [-0.15, -0.1) is 0 Å². The predicted octanol–water partition coefficient (Wildman–Crippen LogP) is 6.11. The number of amidine groups is 3. The maximum Gasteiger partial charge on any atom is 0.164 e. The van der Waals surface area contributed by atoms with E-state index in [1.807, 2.05) is 81.5 Å². The Balaban J connectivity index is 1.65. The molecule has 156 valence electrons. The van der Waals surface area contributed by atoms with E-state index < -0.39 is 0 Å². The third kappa shape index (κ3) is 3.19. The molecule has 2 aromatic carbocycles. The third-order valence-electron chi connectivity index (χ3n) is 5.67. The summed E-state index contributed by atoms with van der Waals surface area (Å²) in [6.07, 6.45) is 5.89. The fourth-order valence-corrected chi connectivity index (χ4v) is 4.16. The molecule has 0 saturated heterocycles. The molecule has 3 aromatic rings. The first-order valence-corrected chi connectivity index (χ1v) is 10.6. The topological polar surface area (TPSA) is 65.2 Å². The highest BCUT2D eigenvalue weighted by Crippen LogP contribution is 2.31. The second-order valence-corrected chi connectivity index (χ2v) is 7.72. The number of allylic oxidation sites excluding steroid dienone is 1. The number of aryl methyl sites for hydroxylation is 1. The lowest BCUT2D eigenvalue weighted by atomic mass is 10.1. The molecule has 3 heterocycles. The monoisotopic (exact) mass is 417 g/mol. The van der Waals surface area contributed by atoms with Gasteiger partial charge in [-0.05, 0) is 20.8 Å². The highest BCUT2D eigenvalue weighted by Gasteiger charge is 2.25. The van der Waals surface area contributed by atoms with Gasteiger partial charge >= 0.3 is 0 Å². The van der Waals surface area contributed by atoms with Gasteiger partial charge in [0.25, 0.3) is 0 Å². The van der Waals surface area contributed by atoms with Gasteiger partial charge in [-0.25, -0.2) is 20.0 Å². The molecule has 2 aliphatic heterocycles. The lowest BCUT2D eigenvalue weighted by Gasteiger charge is -2.00. The van der Waals surface area contributed by atoms with Gasteiger partial charge in [0.1, 0.15) is 5.82 Å². The van der Waals surface area contributed by atoms with Gasteiger partial charge in [-0.3, -0.25) is 0 Å². The first-order chi connectivity index (χ1) is 15.6. The molecule has 1 N–H and O–H groups in total. The fourth-order valence-electron chi connectivity index (χ4n) is 4.16. The molecule has 0 atom stereocenters. The Hall–Kier alpha value is -4.12. The molecule has 5 nitrogen and oxygen atoms in total. The van der Waals surface area contributed by atoms with Crippen LogP contribution < -0.4 is 0 Å². The smallest absolute Gasteiger partial charge is 0.164 e. The van der Waals surface area contributed by atoms with Gasteiger partial charge in [0.05, 0.1) is 0 Å². The third-order valence-corrected chi connectivity index (χ3v) is 5.67. The van der Waals surface area contributed by atoms with E-state index in [0.717, 1.165) is 50.6 Å². The summed E-state index contributed by atoms with van der Waals surface area (Å²) in [5.74, 6) is 2.71. The van der Waals surface area contributed by atoms with E-state index in [1.165, 1.54) is 0 Å². The van der Waals surface area contributed by atoms with Gasteiger partial charge in [-0.2, -0.15) is 0 Å². The largest absolute Gasteiger partial charge is 0.343 e. The van der Waals surface area contributed by atoms with E-state index in [9.17, 15) is 0 Å². The van der Waals surface area contributed by atoms with Gasteiger partial charge < -0.3 is 4.98 Å². The molecule has 0 fully saturated rings. The Labute approximate surface area is 187 Å². The summed E-state index contributed by atoms with van der Waals surface area (Å²) in [5, 5.41) is 0. The van der Waals surface area contributed by atoms with E-state index >= 15 is 0 Å². The molecule has 5 heteroatoms. The van der Waals surface area contributed by atoms with Crippen LogP contribution in [0.15, 0.2) is 81.2 Å². The normalized spacial score (nSPS) is 17.1. The van der Waals surface area contributed by atoms with Crippen LogP contribution in [0.4, 0.5) is 5.82 Å². The molecule has 2 aliphatic rings. The number of rotatable bonds is 3. The van der Waals surface area contributed by atoms with Crippen LogP contribution in [0.2, 0.25) is 0 Å². The number of nitrogens with one attached hydrogen (secondary N) is 1. The minimum absolute atomic E-state index is 0.627. The molecule has 0 spiro atoms. The maximum atomic E-state index is 4.90. The summed E-state index contributed by atoms with van der Waals surface area (Å²) < 4.78 is 0. The van der Waals surface area contributed by atoms with Gasteiger partial charge in [0.15, 0.2) is 17.5 Å². The van der Waals surface area contributed by atoms with Crippen LogP contribution in [0.25, 0.3) is 12.2 Å². The Bertz CT molecular complexity index is 1410. The minimum Gasteiger partial charge on any atom is -0.343 e. The average molecular weight is 418 g/mol. The van der Waals surface area contributed by atoms with E-state index in [1.54, 1.807) is 0 Å². The molecular weight excluding hydrogens is 394 g/mol. The van der Waals surface area contributed by atoms with Gasteiger partial charge in [-0.1, -0.05) is 73.3 Å². The van der Waals surface area contributed by atoms with Crippen LogP contribution >= 0.6 is 0 Å². The molecule has 32 heavy (non-hydrogen) atoms. The number of aromatic amines is 1. The Morgan fingerprint density at radius 2 is 1.44 bits per heavy atom. The summed E-state index contributed by atoms with van der Waals surface area (Å²) in [5.41, 5.74) is 8.10. The number of fused-ring (bicyclic) bond motifs is 2. The van der Waals surface area contributed by atoms with Crippen LogP contribution in [0.1, 0.15) is 52.9 Å². The quantitative estimate of drug-likeness (QED) is 0.535. The van der Waals surface area contributed by atoms with E-state index in [2.05, 4.69) is 22.6 Å². The van der Waals surface area contributed by atoms with Crippen LogP contribution in [0, 0.1) is 6.92 Å². The predicted molar refractivity (Wildman–Crippen MR) is 135 cm³/mol. The highest BCUT2D eigenvalue weighted by molar-refractivity contribution is 6.29. The Kier molecular flexibility index (Phi) is 4.86.